The zero-order valence-electron chi connectivity index (χ0n) is 6.09. The molecule has 3 unspecified atom stereocenters. The standard InChI is InChI=1S/C7H14N2/c1-5-7-3-6(4-8-7)9(5)2/h5-8H,3-4H2,1-2H3. The molecule has 0 amide bonds. The van der Waals surface area contributed by atoms with Crippen LogP contribution < -0.4 is 5.32 Å². The Hall–Kier alpha value is -0.0800. The summed E-state index contributed by atoms with van der Waals surface area (Å²) in [5, 5.41) is 3.49. The lowest BCUT2D eigenvalue weighted by atomic mass is 10.2. The van der Waals surface area contributed by atoms with Crippen molar-refractivity contribution in [3.8, 4) is 0 Å². The van der Waals surface area contributed by atoms with E-state index in [1.54, 1.807) is 0 Å². The molecular weight excluding hydrogens is 112 g/mol. The summed E-state index contributed by atoms with van der Waals surface area (Å²) < 4.78 is 0. The van der Waals surface area contributed by atoms with E-state index in [0.717, 1.165) is 18.1 Å². The summed E-state index contributed by atoms with van der Waals surface area (Å²) >= 11 is 0. The molecule has 2 nitrogen and oxygen atoms in total. The van der Waals surface area contributed by atoms with Crippen molar-refractivity contribution in [2.24, 2.45) is 0 Å². The largest absolute Gasteiger partial charge is 0.311 e. The Labute approximate surface area is 56.2 Å². The van der Waals surface area contributed by atoms with E-state index >= 15 is 0 Å². The predicted octanol–water partition coefficient (Wildman–Crippen LogP) is 0.0508. The average Bonchev–Trinajstić information content (AvgIpc) is 2.37. The molecule has 2 heteroatoms. The van der Waals surface area contributed by atoms with Crippen molar-refractivity contribution in [1.29, 1.82) is 0 Å². The highest BCUT2D eigenvalue weighted by Crippen LogP contribution is 2.26. The van der Waals surface area contributed by atoms with Crippen LogP contribution in [0.5, 0.6) is 0 Å². The Kier molecular flexibility index (Phi) is 1.08. The Morgan fingerprint density at radius 1 is 1.56 bits per heavy atom. The molecule has 1 N–H and O–H groups in total. The molecule has 2 saturated heterocycles. The van der Waals surface area contributed by atoms with Crippen molar-refractivity contribution in [2.45, 2.75) is 31.5 Å². The molecule has 0 aliphatic carbocycles. The van der Waals surface area contributed by atoms with Gasteiger partial charge in [-0.2, -0.15) is 0 Å². The number of likely N-dealkylation sites (tertiary alicyclic amines) is 1. The minimum Gasteiger partial charge on any atom is -0.311 e. The van der Waals surface area contributed by atoms with Crippen LogP contribution in [0.25, 0.3) is 0 Å². The molecule has 2 fully saturated rings. The smallest absolute Gasteiger partial charge is 0.0236 e. The van der Waals surface area contributed by atoms with Crippen molar-refractivity contribution in [3.63, 3.8) is 0 Å². The number of rotatable bonds is 0. The predicted molar refractivity (Wildman–Crippen MR) is 37.4 cm³/mol. The second kappa shape index (κ2) is 1.70. The van der Waals surface area contributed by atoms with Gasteiger partial charge in [0.25, 0.3) is 0 Å². The monoisotopic (exact) mass is 126 g/mol. The van der Waals surface area contributed by atoms with Crippen LogP contribution >= 0.6 is 0 Å². The van der Waals surface area contributed by atoms with E-state index in [9.17, 15) is 0 Å². The second-order valence-corrected chi connectivity index (χ2v) is 3.31. The fourth-order valence-electron chi connectivity index (χ4n) is 2.04. The fourth-order valence-corrected chi connectivity index (χ4v) is 2.04. The lowest BCUT2D eigenvalue weighted by molar-refractivity contribution is 0.207. The van der Waals surface area contributed by atoms with Crippen LogP contribution in [0.15, 0.2) is 0 Å². The molecule has 0 aromatic carbocycles. The van der Waals surface area contributed by atoms with Crippen LogP contribution in [0.2, 0.25) is 0 Å². The Bertz CT molecular complexity index is 106. The van der Waals surface area contributed by atoms with Crippen molar-refractivity contribution in [3.05, 3.63) is 0 Å². The summed E-state index contributed by atoms with van der Waals surface area (Å²) in [5.41, 5.74) is 0. The SMILES string of the molecule is CC1C2CC(CN2)N1C. The summed E-state index contributed by atoms with van der Waals surface area (Å²) in [6.07, 6.45) is 1.37. The Balaban J connectivity index is 2.15. The van der Waals surface area contributed by atoms with E-state index < -0.39 is 0 Å². The third-order valence-corrected chi connectivity index (χ3v) is 2.94. The Morgan fingerprint density at radius 3 is 2.67 bits per heavy atom. The summed E-state index contributed by atoms with van der Waals surface area (Å²) in [6, 6.07) is 2.40. The summed E-state index contributed by atoms with van der Waals surface area (Å²) in [7, 11) is 2.23. The second-order valence-electron chi connectivity index (χ2n) is 3.31. The first-order valence-corrected chi connectivity index (χ1v) is 3.74. The molecule has 0 spiro atoms. The normalized spacial score (nSPS) is 50.7. The van der Waals surface area contributed by atoms with Gasteiger partial charge in [0.2, 0.25) is 0 Å². The van der Waals surface area contributed by atoms with Gasteiger partial charge >= 0.3 is 0 Å². The van der Waals surface area contributed by atoms with Gasteiger partial charge in [-0.25, -0.2) is 0 Å². The van der Waals surface area contributed by atoms with E-state index in [2.05, 4.69) is 24.2 Å². The highest BCUT2D eigenvalue weighted by atomic mass is 15.3. The zero-order valence-corrected chi connectivity index (χ0v) is 6.09. The number of nitrogens with one attached hydrogen (secondary N) is 1. The zero-order chi connectivity index (χ0) is 6.43. The molecular formula is C7H14N2. The first-order chi connectivity index (χ1) is 4.29. The first kappa shape index (κ1) is 5.69. The summed E-state index contributed by atoms with van der Waals surface area (Å²) in [6.45, 7) is 3.52. The molecule has 2 bridgehead atoms. The van der Waals surface area contributed by atoms with Crippen LogP contribution in [0, 0.1) is 0 Å². The number of piperazine rings is 1. The van der Waals surface area contributed by atoms with Crippen LogP contribution in [-0.4, -0.2) is 36.6 Å². The average molecular weight is 126 g/mol. The molecule has 0 aromatic rings. The van der Waals surface area contributed by atoms with Crippen LogP contribution in [0.3, 0.4) is 0 Å². The van der Waals surface area contributed by atoms with Gasteiger partial charge in [0.1, 0.15) is 0 Å². The molecule has 3 atom stereocenters. The molecule has 0 radical (unpaired) electrons. The molecule has 2 aliphatic heterocycles. The van der Waals surface area contributed by atoms with E-state index in [1.807, 2.05) is 0 Å². The van der Waals surface area contributed by atoms with Crippen molar-refractivity contribution in [2.75, 3.05) is 13.6 Å². The lowest BCUT2D eigenvalue weighted by Crippen LogP contribution is -2.47. The van der Waals surface area contributed by atoms with E-state index in [-0.39, 0.29) is 0 Å². The Morgan fingerprint density at radius 2 is 2.33 bits per heavy atom. The summed E-state index contributed by atoms with van der Waals surface area (Å²) in [4.78, 5) is 2.49. The van der Waals surface area contributed by atoms with Gasteiger partial charge in [0, 0.05) is 24.7 Å². The quantitative estimate of drug-likeness (QED) is 0.493. The molecule has 0 aromatic heterocycles. The molecule has 2 aliphatic rings. The molecule has 2 rings (SSSR count). The van der Waals surface area contributed by atoms with E-state index in [0.29, 0.717) is 0 Å². The van der Waals surface area contributed by atoms with Crippen LogP contribution in [0.4, 0.5) is 0 Å². The van der Waals surface area contributed by atoms with Crippen molar-refractivity contribution in [1.82, 2.24) is 10.2 Å². The van der Waals surface area contributed by atoms with Gasteiger partial charge in [-0.1, -0.05) is 0 Å². The van der Waals surface area contributed by atoms with Gasteiger partial charge in [-0.15, -0.1) is 0 Å². The maximum absolute atomic E-state index is 3.49. The minimum atomic E-state index is 0.767. The molecule has 0 saturated carbocycles. The van der Waals surface area contributed by atoms with E-state index in [4.69, 9.17) is 0 Å². The van der Waals surface area contributed by atoms with Crippen molar-refractivity contribution >= 4 is 0 Å². The van der Waals surface area contributed by atoms with Gasteiger partial charge in [-0.3, -0.25) is 4.90 Å². The lowest BCUT2D eigenvalue weighted by Gasteiger charge is -2.29. The number of nitrogens with zero attached hydrogens (tertiary/aromatic N) is 1. The highest BCUT2D eigenvalue weighted by molar-refractivity contribution is 5.01. The fraction of sp³-hybridized carbons (Fsp3) is 1.00. The molecule has 52 valence electrons. The molecule has 2 heterocycles. The van der Waals surface area contributed by atoms with E-state index in [1.165, 1.54) is 13.0 Å². The minimum absolute atomic E-state index is 0.767. The van der Waals surface area contributed by atoms with Crippen LogP contribution in [0.1, 0.15) is 13.3 Å². The number of hydrogen-bond donors (Lipinski definition) is 1. The van der Waals surface area contributed by atoms with Gasteiger partial charge in [0.15, 0.2) is 0 Å². The topological polar surface area (TPSA) is 15.3 Å². The number of likely N-dealkylation sites (N-methyl/N-ethyl adjacent to an activating group) is 1. The third-order valence-electron chi connectivity index (χ3n) is 2.94. The maximum atomic E-state index is 3.49. The highest BCUT2D eigenvalue weighted by Gasteiger charge is 2.40. The number of fused-ring (bicyclic) bond motifs is 2. The third kappa shape index (κ3) is 0.634. The first-order valence-electron chi connectivity index (χ1n) is 3.74. The van der Waals surface area contributed by atoms with Gasteiger partial charge in [-0.05, 0) is 20.4 Å². The van der Waals surface area contributed by atoms with Gasteiger partial charge < -0.3 is 5.32 Å². The number of hydrogen-bond acceptors (Lipinski definition) is 2. The maximum Gasteiger partial charge on any atom is 0.0236 e. The van der Waals surface area contributed by atoms with Gasteiger partial charge in [0.05, 0.1) is 0 Å². The summed E-state index contributed by atoms with van der Waals surface area (Å²) in [5.74, 6) is 0. The molecule has 9 heavy (non-hydrogen) atoms. The van der Waals surface area contributed by atoms with Crippen molar-refractivity contribution < 1.29 is 0 Å². The van der Waals surface area contributed by atoms with Crippen LogP contribution in [-0.2, 0) is 0 Å².